The second-order valence-electron chi connectivity index (χ2n) is 6.69. The van der Waals surface area contributed by atoms with Crippen molar-refractivity contribution in [2.24, 2.45) is 5.41 Å². The number of hydrogen-bond acceptors (Lipinski definition) is 2. The normalized spacial score (nSPS) is 13.6. The Morgan fingerprint density at radius 3 is 2.65 bits per heavy atom. The number of pyridine rings is 1. The van der Waals surface area contributed by atoms with Gasteiger partial charge in [0.25, 0.3) is 0 Å². The van der Waals surface area contributed by atoms with Gasteiger partial charge in [-0.05, 0) is 42.5 Å². The maximum atomic E-state index is 4.47. The molecule has 1 atom stereocenters. The largest absolute Gasteiger partial charge is 0.310 e. The number of benzene rings is 1. The van der Waals surface area contributed by atoms with Crippen molar-refractivity contribution in [1.82, 2.24) is 10.3 Å². The second kappa shape index (κ2) is 6.36. The molecule has 0 saturated heterocycles. The highest BCUT2D eigenvalue weighted by atomic mass is 14.9. The van der Waals surface area contributed by atoms with Crippen molar-refractivity contribution >= 4 is 10.9 Å². The summed E-state index contributed by atoms with van der Waals surface area (Å²) in [6.45, 7) is 10.2. The molecule has 2 nitrogen and oxygen atoms in total. The second-order valence-corrected chi connectivity index (χ2v) is 6.69. The highest BCUT2D eigenvalue weighted by molar-refractivity contribution is 5.82. The summed E-state index contributed by atoms with van der Waals surface area (Å²) < 4.78 is 0. The summed E-state index contributed by atoms with van der Waals surface area (Å²) in [7, 11) is 0. The minimum Gasteiger partial charge on any atom is -0.310 e. The minimum absolute atomic E-state index is 0.301. The van der Waals surface area contributed by atoms with Crippen LogP contribution in [0.3, 0.4) is 0 Å². The molecule has 0 aliphatic heterocycles. The highest BCUT2D eigenvalue weighted by Crippen LogP contribution is 2.32. The molecule has 2 aromatic rings. The lowest BCUT2D eigenvalue weighted by Gasteiger charge is -2.28. The summed E-state index contributed by atoms with van der Waals surface area (Å²) in [6.07, 6.45) is 4.15. The van der Waals surface area contributed by atoms with E-state index in [1.165, 1.54) is 10.9 Å². The molecule has 1 unspecified atom stereocenters. The van der Waals surface area contributed by atoms with E-state index in [0.717, 1.165) is 24.9 Å². The summed E-state index contributed by atoms with van der Waals surface area (Å²) in [5.41, 5.74) is 2.76. The Bertz CT molecular complexity index is 549. The summed E-state index contributed by atoms with van der Waals surface area (Å²) in [4.78, 5) is 4.47. The van der Waals surface area contributed by atoms with E-state index in [1.54, 1.807) is 0 Å². The number of hydrogen-bond donors (Lipinski definition) is 1. The Kier molecular flexibility index (Phi) is 4.77. The Hall–Kier alpha value is -1.41. The van der Waals surface area contributed by atoms with Crippen molar-refractivity contribution in [3.05, 3.63) is 42.1 Å². The van der Waals surface area contributed by atoms with Gasteiger partial charge in [-0.3, -0.25) is 4.98 Å². The smallest absolute Gasteiger partial charge is 0.0705 e. The van der Waals surface area contributed by atoms with Crippen LogP contribution in [0, 0.1) is 5.41 Å². The lowest BCUT2D eigenvalue weighted by molar-refractivity contribution is 0.312. The molecule has 0 amide bonds. The highest BCUT2D eigenvalue weighted by Gasteiger charge is 2.21. The Labute approximate surface area is 122 Å². The third-order valence-electron chi connectivity index (χ3n) is 3.51. The van der Waals surface area contributed by atoms with Gasteiger partial charge in [-0.1, -0.05) is 45.9 Å². The van der Waals surface area contributed by atoms with Gasteiger partial charge in [0.05, 0.1) is 5.52 Å². The molecule has 0 bridgehead atoms. The van der Waals surface area contributed by atoms with Gasteiger partial charge < -0.3 is 5.32 Å². The zero-order chi connectivity index (χ0) is 14.6. The summed E-state index contributed by atoms with van der Waals surface area (Å²) in [5.74, 6) is 0. The van der Waals surface area contributed by atoms with E-state index < -0.39 is 0 Å². The molecule has 0 spiro atoms. The van der Waals surface area contributed by atoms with Crippen LogP contribution in [-0.4, -0.2) is 11.5 Å². The molecular formula is C18H26N2. The Balaban J connectivity index is 2.39. The average molecular weight is 270 g/mol. The van der Waals surface area contributed by atoms with E-state index >= 15 is 0 Å². The molecule has 2 rings (SSSR count). The topological polar surface area (TPSA) is 24.9 Å². The van der Waals surface area contributed by atoms with Crippen LogP contribution >= 0.6 is 0 Å². The lowest BCUT2D eigenvalue weighted by atomic mass is 9.84. The molecule has 2 heteroatoms. The summed E-state index contributed by atoms with van der Waals surface area (Å²) >= 11 is 0. The van der Waals surface area contributed by atoms with Crippen molar-refractivity contribution in [2.75, 3.05) is 6.54 Å². The fraction of sp³-hybridized carbons (Fsp3) is 0.500. The van der Waals surface area contributed by atoms with Crippen molar-refractivity contribution in [3.63, 3.8) is 0 Å². The van der Waals surface area contributed by atoms with E-state index in [1.807, 2.05) is 12.3 Å². The molecule has 0 fully saturated rings. The molecule has 108 valence electrons. The van der Waals surface area contributed by atoms with Crippen molar-refractivity contribution in [1.29, 1.82) is 0 Å². The van der Waals surface area contributed by atoms with Gasteiger partial charge in [0, 0.05) is 17.6 Å². The van der Waals surface area contributed by atoms with E-state index in [0.29, 0.717) is 11.5 Å². The van der Waals surface area contributed by atoms with E-state index in [4.69, 9.17) is 0 Å². The van der Waals surface area contributed by atoms with Gasteiger partial charge in [0.1, 0.15) is 0 Å². The van der Waals surface area contributed by atoms with E-state index in [2.05, 4.69) is 62.3 Å². The summed E-state index contributed by atoms with van der Waals surface area (Å²) in [5, 5.41) is 4.98. The van der Waals surface area contributed by atoms with Crippen LogP contribution in [0.4, 0.5) is 0 Å². The van der Waals surface area contributed by atoms with Gasteiger partial charge in [-0.25, -0.2) is 0 Å². The zero-order valence-corrected chi connectivity index (χ0v) is 13.1. The van der Waals surface area contributed by atoms with Crippen LogP contribution in [0.2, 0.25) is 0 Å². The minimum atomic E-state index is 0.301. The summed E-state index contributed by atoms with van der Waals surface area (Å²) in [6, 6.07) is 11.0. The van der Waals surface area contributed by atoms with E-state index in [9.17, 15) is 0 Å². The molecule has 1 aromatic heterocycles. The van der Waals surface area contributed by atoms with E-state index in [-0.39, 0.29) is 0 Å². The van der Waals surface area contributed by atoms with Crippen LogP contribution in [0.1, 0.15) is 52.1 Å². The molecule has 1 heterocycles. The predicted octanol–water partition coefficient (Wildman–Crippen LogP) is 4.71. The standard InChI is InChI=1S/C18H26N2/c1-5-11-19-17(13-18(2,3)4)15-8-6-10-16-14(15)9-7-12-20-16/h6-10,12,17,19H,5,11,13H2,1-4H3. The molecule has 1 aromatic carbocycles. The molecule has 0 aliphatic carbocycles. The molecule has 0 radical (unpaired) electrons. The van der Waals surface area contributed by atoms with Gasteiger partial charge in [0.2, 0.25) is 0 Å². The number of fused-ring (bicyclic) bond motifs is 1. The fourth-order valence-corrected chi connectivity index (χ4v) is 2.65. The number of nitrogens with one attached hydrogen (secondary N) is 1. The van der Waals surface area contributed by atoms with Crippen LogP contribution in [-0.2, 0) is 0 Å². The number of nitrogens with zero attached hydrogens (tertiary/aromatic N) is 1. The monoisotopic (exact) mass is 270 g/mol. The molecule has 20 heavy (non-hydrogen) atoms. The average Bonchev–Trinajstić information content (AvgIpc) is 2.41. The van der Waals surface area contributed by atoms with Crippen molar-refractivity contribution < 1.29 is 0 Å². The SMILES string of the molecule is CCCNC(CC(C)(C)C)c1cccc2ncccc12. The Morgan fingerprint density at radius 1 is 1.15 bits per heavy atom. The first-order chi connectivity index (χ1) is 9.51. The number of aromatic nitrogens is 1. The lowest BCUT2D eigenvalue weighted by Crippen LogP contribution is -2.26. The van der Waals surface area contributed by atoms with Crippen molar-refractivity contribution in [2.45, 2.75) is 46.6 Å². The molecule has 1 N–H and O–H groups in total. The predicted molar refractivity (Wildman–Crippen MR) is 86.8 cm³/mol. The fourth-order valence-electron chi connectivity index (χ4n) is 2.65. The zero-order valence-electron chi connectivity index (χ0n) is 13.1. The van der Waals surface area contributed by atoms with Gasteiger partial charge in [-0.2, -0.15) is 0 Å². The first kappa shape index (κ1) is 15.0. The first-order valence-corrected chi connectivity index (χ1v) is 7.58. The van der Waals surface area contributed by atoms with Crippen molar-refractivity contribution in [3.8, 4) is 0 Å². The molecular weight excluding hydrogens is 244 g/mol. The van der Waals surface area contributed by atoms with Gasteiger partial charge >= 0.3 is 0 Å². The maximum Gasteiger partial charge on any atom is 0.0705 e. The maximum absolute atomic E-state index is 4.47. The molecule has 0 saturated carbocycles. The molecule has 0 aliphatic rings. The van der Waals surface area contributed by atoms with Crippen LogP contribution < -0.4 is 5.32 Å². The van der Waals surface area contributed by atoms with Crippen LogP contribution in [0.25, 0.3) is 10.9 Å². The quantitative estimate of drug-likeness (QED) is 0.851. The third-order valence-corrected chi connectivity index (χ3v) is 3.51. The number of rotatable bonds is 5. The van der Waals surface area contributed by atoms with Crippen LogP contribution in [0.15, 0.2) is 36.5 Å². The van der Waals surface area contributed by atoms with Gasteiger partial charge in [-0.15, -0.1) is 0 Å². The first-order valence-electron chi connectivity index (χ1n) is 7.58. The Morgan fingerprint density at radius 2 is 1.95 bits per heavy atom. The van der Waals surface area contributed by atoms with Crippen LogP contribution in [0.5, 0.6) is 0 Å². The van der Waals surface area contributed by atoms with Gasteiger partial charge in [0.15, 0.2) is 0 Å². The third kappa shape index (κ3) is 3.80.